The van der Waals surface area contributed by atoms with Crippen LogP contribution in [0, 0.1) is 0 Å². The number of hydrazine groups is 1. The molecule has 1 unspecified atom stereocenters. The Morgan fingerprint density at radius 3 is 2.40 bits per heavy atom. The Kier molecular flexibility index (Phi) is 4.71. The molecule has 3 aromatic carbocycles. The molecule has 148 valence electrons. The average molecular weight is 396 g/mol. The number of hydrogen-bond donors (Lipinski definition) is 3. The molecule has 0 aliphatic carbocycles. The molecular weight excluding hydrogens is 376 g/mol. The second-order valence-corrected chi connectivity index (χ2v) is 6.85. The van der Waals surface area contributed by atoms with E-state index in [0.29, 0.717) is 11.7 Å². The second kappa shape index (κ2) is 7.81. The van der Waals surface area contributed by atoms with Crippen molar-refractivity contribution in [3.05, 3.63) is 90.0 Å². The molecule has 0 saturated heterocycles. The van der Waals surface area contributed by atoms with Gasteiger partial charge >= 0.3 is 0 Å². The molecule has 0 spiro atoms. The molecule has 7 nitrogen and oxygen atoms in total. The van der Waals surface area contributed by atoms with Crippen LogP contribution in [0.25, 0.3) is 22.8 Å². The number of H-pyrrole nitrogens is 1. The number of nitrogens with zero attached hydrogens (tertiary/aromatic N) is 3. The van der Waals surface area contributed by atoms with Crippen LogP contribution in [0.1, 0.15) is 17.3 Å². The van der Waals surface area contributed by atoms with Crippen LogP contribution in [0.2, 0.25) is 0 Å². The van der Waals surface area contributed by atoms with Gasteiger partial charge in [0.05, 0.1) is 12.7 Å². The fourth-order valence-corrected chi connectivity index (χ4v) is 3.41. The minimum atomic E-state index is -0.164. The van der Waals surface area contributed by atoms with Crippen molar-refractivity contribution < 1.29 is 4.74 Å². The number of hydrogen-bond acceptors (Lipinski definition) is 6. The normalized spacial score (nSPS) is 15.5. The largest absolute Gasteiger partial charge is 0.496 e. The van der Waals surface area contributed by atoms with Crippen molar-refractivity contribution in [3.63, 3.8) is 0 Å². The molecule has 0 amide bonds. The van der Waals surface area contributed by atoms with Crippen LogP contribution in [0.3, 0.4) is 0 Å². The monoisotopic (exact) mass is 396 g/mol. The van der Waals surface area contributed by atoms with E-state index in [1.807, 2.05) is 78.9 Å². The Morgan fingerprint density at radius 1 is 0.867 bits per heavy atom. The molecule has 7 heteroatoms. The van der Waals surface area contributed by atoms with Crippen LogP contribution in [0.5, 0.6) is 5.75 Å². The standard InChI is InChI=1S/C23H20N6O/c1-30-19-13-12-17(22-24-20(26-28-22)15-8-4-2-5-9-15)14-18(19)23-25-21(27-29-23)16-10-6-3-7-11-16/h2-14,21,27H,1H3,(H,25,29)(H,24,26,28). The second-order valence-electron chi connectivity index (χ2n) is 6.85. The van der Waals surface area contributed by atoms with E-state index in [4.69, 9.17) is 9.73 Å². The summed E-state index contributed by atoms with van der Waals surface area (Å²) >= 11 is 0. The SMILES string of the molecule is COc1ccc(-c2n[nH]c(-c3ccccc3)n2)cc1C1=NC(c2ccccc2)NN1. The van der Waals surface area contributed by atoms with Crippen LogP contribution in [-0.2, 0) is 0 Å². The Bertz CT molecular complexity index is 1190. The van der Waals surface area contributed by atoms with E-state index < -0.39 is 0 Å². The molecule has 1 atom stereocenters. The van der Waals surface area contributed by atoms with Gasteiger partial charge in [0, 0.05) is 11.1 Å². The molecule has 0 saturated carbocycles. The maximum atomic E-state index is 5.57. The summed E-state index contributed by atoms with van der Waals surface area (Å²) in [5.41, 5.74) is 10.2. The topological polar surface area (TPSA) is 87.2 Å². The predicted molar refractivity (Wildman–Crippen MR) is 116 cm³/mol. The molecule has 0 radical (unpaired) electrons. The average Bonchev–Trinajstić information content (AvgIpc) is 3.50. The highest BCUT2D eigenvalue weighted by Gasteiger charge is 2.22. The van der Waals surface area contributed by atoms with Gasteiger partial charge in [-0.25, -0.2) is 15.4 Å². The molecule has 1 aromatic heterocycles. The van der Waals surface area contributed by atoms with Gasteiger partial charge in [-0.15, -0.1) is 0 Å². The Balaban J connectivity index is 1.49. The lowest BCUT2D eigenvalue weighted by molar-refractivity contribution is 0.414. The summed E-state index contributed by atoms with van der Waals surface area (Å²) in [6.45, 7) is 0. The smallest absolute Gasteiger partial charge is 0.181 e. The lowest BCUT2D eigenvalue weighted by Crippen LogP contribution is -2.32. The molecule has 5 rings (SSSR count). The minimum Gasteiger partial charge on any atom is -0.496 e. The van der Waals surface area contributed by atoms with Crippen molar-refractivity contribution in [2.24, 2.45) is 4.99 Å². The van der Waals surface area contributed by atoms with Crippen molar-refractivity contribution in [1.29, 1.82) is 0 Å². The predicted octanol–water partition coefficient (Wildman–Crippen LogP) is 3.70. The third-order valence-electron chi connectivity index (χ3n) is 4.95. The first-order valence-corrected chi connectivity index (χ1v) is 9.63. The molecule has 30 heavy (non-hydrogen) atoms. The molecule has 1 aliphatic heterocycles. The van der Waals surface area contributed by atoms with Crippen LogP contribution < -0.4 is 15.6 Å². The van der Waals surface area contributed by atoms with Crippen molar-refractivity contribution in [3.8, 4) is 28.5 Å². The van der Waals surface area contributed by atoms with Gasteiger partial charge < -0.3 is 10.2 Å². The number of nitrogens with one attached hydrogen (secondary N) is 3. The van der Waals surface area contributed by atoms with Crippen molar-refractivity contribution >= 4 is 5.84 Å². The van der Waals surface area contributed by atoms with Gasteiger partial charge in [0.2, 0.25) is 0 Å². The van der Waals surface area contributed by atoms with E-state index in [-0.39, 0.29) is 6.17 Å². The first kappa shape index (κ1) is 18.1. The number of aliphatic imine (C=N–C) groups is 1. The summed E-state index contributed by atoms with van der Waals surface area (Å²) in [5, 5.41) is 7.41. The van der Waals surface area contributed by atoms with E-state index in [2.05, 4.69) is 26.0 Å². The maximum absolute atomic E-state index is 5.57. The number of ether oxygens (including phenoxy) is 1. The van der Waals surface area contributed by atoms with Gasteiger partial charge in [-0.3, -0.25) is 5.10 Å². The van der Waals surface area contributed by atoms with E-state index in [0.717, 1.165) is 33.8 Å². The Hall–Kier alpha value is -3.97. The zero-order valence-electron chi connectivity index (χ0n) is 16.3. The highest BCUT2D eigenvalue weighted by molar-refractivity contribution is 6.02. The Morgan fingerprint density at radius 2 is 1.63 bits per heavy atom. The van der Waals surface area contributed by atoms with Gasteiger partial charge in [-0.2, -0.15) is 5.10 Å². The van der Waals surface area contributed by atoms with E-state index in [1.165, 1.54) is 0 Å². The van der Waals surface area contributed by atoms with Gasteiger partial charge in [-0.05, 0) is 23.8 Å². The van der Waals surface area contributed by atoms with Gasteiger partial charge in [0.15, 0.2) is 11.6 Å². The first-order valence-electron chi connectivity index (χ1n) is 9.63. The molecule has 0 bridgehead atoms. The summed E-state index contributed by atoms with van der Waals surface area (Å²) < 4.78 is 5.57. The van der Waals surface area contributed by atoms with Crippen molar-refractivity contribution in [2.45, 2.75) is 6.17 Å². The molecule has 0 fully saturated rings. The zero-order valence-corrected chi connectivity index (χ0v) is 16.3. The van der Waals surface area contributed by atoms with Crippen LogP contribution >= 0.6 is 0 Å². The highest BCUT2D eigenvalue weighted by atomic mass is 16.5. The third-order valence-corrected chi connectivity index (χ3v) is 4.95. The number of benzene rings is 3. The quantitative estimate of drug-likeness (QED) is 0.479. The molecule has 1 aliphatic rings. The summed E-state index contributed by atoms with van der Waals surface area (Å²) in [6.07, 6.45) is -0.164. The number of aromatic nitrogens is 3. The van der Waals surface area contributed by atoms with Crippen molar-refractivity contribution in [2.75, 3.05) is 7.11 Å². The summed E-state index contributed by atoms with van der Waals surface area (Å²) in [6, 6.07) is 25.8. The number of aromatic amines is 1. The van der Waals surface area contributed by atoms with Crippen LogP contribution in [0.4, 0.5) is 0 Å². The maximum Gasteiger partial charge on any atom is 0.181 e. The molecular formula is C23H20N6O. The third kappa shape index (κ3) is 3.42. The fourth-order valence-electron chi connectivity index (χ4n) is 3.41. The minimum absolute atomic E-state index is 0.164. The molecule has 3 N–H and O–H groups in total. The molecule has 2 heterocycles. The van der Waals surface area contributed by atoms with Gasteiger partial charge in [0.25, 0.3) is 0 Å². The summed E-state index contributed by atoms with van der Waals surface area (Å²) in [4.78, 5) is 9.44. The van der Waals surface area contributed by atoms with Crippen LogP contribution in [0.15, 0.2) is 83.9 Å². The lowest BCUT2D eigenvalue weighted by Gasteiger charge is -2.09. The van der Waals surface area contributed by atoms with Gasteiger partial charge in [-0.1, -0.05) is 60.7 Å². The van der Waals surface area contributed by atoms with Crippen LogP contribution in [-0.4, -0.2) is 28.1 Å². The molecule has 4 aromatic rings. The van der Waals surface area contributed by atoms with Crippen molar-refractivity contribution in [1.82, 2.24) is 26.0 Å². The summed E-state index contributed by atoms with van der Waals surface area (Å²) in [7, 11) is 1.65. The van der Waals surface area contributed by atoms with E-state index in [1.54, 1.807) is 7.11 Å². The number of rotatable bonds is 5. The number of amidine groups is 1. The van der Waals surface area contributed by atoms with Gasteiger partial charge in [0.1, 0.15) is 17.8 Å². The van der Waals surface area contributed by atoms with E-state index >= 15 is 0 Å². The summed E-state index contributed by atoms with van der Waals surface area (Å²) in [5.74, 6) is 2.77. The Labute approximate surface area is 173 Å². The lowest BCUT2D eigenvalue weighted by atomic mass is 10.1. The fraction of sp³-hybridized carbons (Fsp3) is 0.0870. The zero-order chi connectivity index (χ0) is 20.3. The highest BCUT2D eigenvalue weighted by Crippen LogP contribution is 2.28. The number of methoxy groups -OCH3 is 1. The van der Waals surface area contributed by atoms with E-state index in [9.17, 15) is 0 Å². The first-order chi connectivity index (χ1) is 14.8.